The Balaban J connectivity index is 3.12. The van der Waals surface area contributed by atoms with Crippen molar-refractivity contribution in [1.29, 1.82) is 0 Å². The predicted octanol–water partition coefficient (Wildman–Crippen LogP) is 0.0123. The number of rotatable bonds is 6. The minimum Gasteiger partial charge on any atom is -0.478 e. The van der Waals surface area contributed by atoms with Gasteiger partial charge in [-0.15, -0.1) is 0 Å². The van der Waals surface area contributed by atoms with E-state index in [1.807, 2.05) is 0 Å². The number of hydrogen-bond acceptors (Lipinski definition) is 5. The fourth-order valence-electron chi connectivity index (χ4n) is 1.36. The van der Waals surface area contributed by atoms with Crippen molar-refractivity contribution < 1.29 is 22.5 Å². The second-order valence-corrected chi connectivity index (χ2v) is 7.76. The van der Waals surface area contributed by atoms with Crippen LogP contribution in [0.3, 0.4) is 0 Å². The number of carboxylic acid groups (broad SMARTS) is 1. The highest BCUT2D eigenvalue weighted by molar-refractivity contribution is 7.89. The molecule has 7 nitrogen and oxygen atoms in total. The minimum atomic E-state index is -4.03. The molecular weight excluding hydrogens is 304 g/mol. The molecule has 0 aliphatic rings. The second-order valence-electron chi connectivity index (χ2n) is 4.22. The van der Waals surface area contributed by atoms with E-state index in [0.29, 0.717) is 0 Å². The molecule has 0 amide bonds. The quantitative estimate of drug-likeness (QED) is 0.634. The lowest BCUT2D eigenvalue weighted by molar-refractivity contribution is 0.0692. The van der Waals surface area contributed by atoms with Crippen molar-refractivity contribution in [3.05, 3.63) is 23.8 Å². The Labute approximate surface area is 119 Å². The van der Waals surface area contributed by atoms with Crippen LogP contribution in [0.5, 0.6) is 0 Å². The molecule has 1 aromatic rings. The topological polar surface area (TPSA) is 127 Å². The number of sulfonamides is 1. The number of hydrogen-bond donors (Lipinski definition) is 3. The van der Waals surface area contributed by atoms with Gasteiger partial charge in [0.25, 0.3) is 0 Å². The van der Waals surface area contributed by atoms with Crippen molar-refractivity contribution in [2.75, 3.05) is 18.5 Å². The van der Waals surface area contributed by atoms with Gasteiger partial charge < -0.3 is 10.8 Å². The van der Waals surface area contributed by atoms with Gasteiger partial charge in [-0.05, 0) is 25.1 Å². The van der Waals surface area contributed by atoms with E-state index in [2.05, 4.69) is 4.72 Å². The molecular formula is C11H16N2O5S2. The number of aromatic carboxylic acids is 1. The lowest BCUT2D eigenvalue weighted by Gasteiger charge is -2.12. The van der Waals surface area contributed by atoms with Crippen LogP contribution < -0.4 is 10.5 Å². The SMILES string of the molecule is CC(CNS(=O)(=O)c1cc(N)ccc1C(=O)O)S(C)=O. The van der Waals surface area contributed by atoms with Gasteiger partial charge in [0.1, 0.15) is 0 Å². The third-order valence-corrected chi connectivity index (χ3v) is 5.42. The third kappa shape index (κ3) is 4.02. The normalized spacial score (nSPS) is 14.7. The van der Waals surface area contributed by atoms with E-state index in [9.17, 15) is 17.4 Å². The maximum Gasteiger partial charge on any atom is 0.337 e. The molecule has 2 unspecified atom stereocenters. The maximum absolute atomic E-state index is 12.1. The van der Waals surface area contributed by atoms with E-state index in [4.69, 9.17) is 10.8 Å². The lowest BCUT2D eigenvalue weighted by Crippen LogP contribution is -2.33. The summed E-state index contributed by atoms with van der Waals surface area (Å²) in [6.45, 7) is 1.56. The highest BCUT2D eigenvalue weighted by atomic mass is 32.2. The molecule has 0 aromatic heterocycles. The van der Waals surface area contributed by atoms with Crippen LogP contribution in [0.25, 0.3) is 0 Å². The average molecular weight is 320 g/mol. The summed E-state index contributed by atoms with van der Waals surface area (Å²) >= 11 is 0. The van der Waals surface area contributed by atoms with Crippen LogP contribution in [0.2, 0.25) is 0 Å². The summed E-state index contributed by atoms with van der Waals surface area (Å²) in [6, 6.07) is 3.53. The lowest BCUT2D eigenvalue weighted by atomic mass is 10.2. The first kappa shape index (κ1) is 16.6. The largest absolute Gasteiger partial charge is 0.478 e. The molecule has 0 aliphatic heterocycles. The zero-order valence-corrected chi connectivity index (χ0v) is 12.6. The van der Waals surface area contributed by atoms with E-state index in [1.165, 1.54) is 12.3 Å². The van der Waals surface area contributed by atoms with Gasteiger partial charge in [-0.2, -0.15) is 0 Å². The number of nitrogens with two attached hydrogens (primary N) is 1. The highest BCUT2D eigenvalue weighted by Gasteiger charge is 2.23. The number of nitrogens with one attached hydrogen (secondary N) is 1. The highest BCUT2D eigenvalue weighted by Crippen LogP contribution is 2.19. The Kier molecular flexibility index (Phi) is 5.26. The summed E-state index contributed by atoms with van der Waals surface area (Å²) in [5.74, 6) is -1.36. The van der Waals surface area contributed by atoms with Crippen molar-refractivity contribution in [2.45, 2.75) is 17.1 Å². The number of anilines is 1. The summed E-state index contributed by atoms with van der Waals surface area (Å²) in [4.78, 5) is 10.6. The zero-order chi connectivity index (χ0) is 15.5. The summed E-state index contributed by atoms with van der Waals surface area (Å²) in [6.07, 6.45) is 1.46. The van der Waals surface area contributed by atoms with Crippen LogP contribution in [0, 0.1) is 0 Å². The maximum atomic E-state index is 12.1. The summed E-state index contributed by atoms with van der Waals surface area (Å²) in [5, 5.41) is 8.61. The van der Waals surface area contributed by atoms with Crippen molar-refractivity contribution in [2.24, 2.45) is 0 Å². The number of nitrogen functional groups attached to an aromatic ring is 1. The molecule has 0 saturated carbocycles. The Morgan fingerprint density at radius 1 is 1.50 bits per heavy atom. The second kappa shape index (κ2) is 6.33. The minimum absolute atomic E-state index is 0.0562. The predicted molar refractivity (Wildman–Crippen MR) is 76.5 cm³/mol. The molecule has 20 heavy (non-hydrogen) atoms. The molecule has 0 aliphatic carbocycles. The van der Waals surface area contributed by atoms with Gasteiger partial charge in [0.15, 0.2) is 0 Å². The molecule has 4 N–H and O–H groups in total. The molecule has 0 saturated heterocycles. The number of carboxylic acids is 1. The van der Waals surface area contributed by atoms with Gasteiger partial charge >= 0.3 is 5.97 Å². The molecule has 0 heterocycles. The van der Waals surface area contributed by atoms with E-state index in [-0.39, 0.29) is 23.0 Å². The van der Waals surface area contributed by atoms with Crippen LogP contribution in [0.4, 0.5) is 5.69 Å². The molecule has 0 spiro atoms. The van der Waals surface area contributed by atoms with Crippen molar-refractivity contribution in [3.63, 3.8) is 0 Å². The fraction of sp³-hybridized carbons (Fsp3) is 0.364. The van der Waals surface area contributed by atoms with E-state index in [1.54, 1.807) is 6.92 Å². The monoisotopic (exact) mass is 320 g/mol. The molecule has 0 radical (unpaired) electrons. The summed E-state index contributed by atoms with van der Waals surface area (Å²) in [5.41, 5.74) is 5.27. The first-order chi connectivity index (χ1) is 9.15. The number of benzene rings is 1. The van der Waals surface area contributed by atoms with Crippen LogP contribution >= 0.6 is 0 Å². The molecule has 2 atom stereocenters. The molecule has 1 rings (SSSR count). The Hall–Kier alpha value is -1.45. The van der Waals surface area contributed by atoms with Gasteiger partial charge in [0, 0.05) is 34.5 Å². The van der Waals surface area contributed by atoms with Gasteiger partial charge in [0.05, 0.1) is 10.5 Å². The molecule has 1 aromatic carbocycles. The molecule has 0 fully saturated rings. The molecule has 9 heteroatoms. The van der Waals surface area contributed by atoms with Crippen molar-refractivity contribution >= 4 is 32.5 Å². The molecule has 112 valence electrons. The molecule has 0 bridgehead atoms. The smallest absolute Gasteiger partial charge is 0.337 e. The van der Waals surface area contributed by atoms with Crippen LogP contribution in [-0.4, -0.2) is 41.8 Å². The summed E-state index contributed by atoms with van der Waals surface area (Å²) < 4.78 is 37.6. The summed E-state index contributed by atoms with van der Waals surface area (Å²) in [7, 11) is -5.22. The third-order valence-electron chi connectivity index (χ3n) is 2.65. The van der Waals surface area contributed by atoms with Crippen LogP contribution in [0.1, 0.15) is 17.3 Å². The van der Waals surface area contributed by atoms with Crippen LogP contribution in [-0.2, 0) is 20.8 Å². The Morgan fingerprint density at radius 3 is 2.60 bits per heavy atom. The van der Waals surface area contributed by atoms with Crippen molar-refractivity contribution in [3.8, 4) is 0 Å². The van der Waals surface area contributed by atoms with Gasteiger partial charge in [-0.3, -0.25) is 4.21 Å². The Bertz CT molecular complexity index is 642. The average Bonchev–Trinajstić information content (AvgIpc) is 2.35. The van der Waals surface area contributed by atoms with Gasteiger partial charge in [0.2, 0.25) is 10.0 Å². The van der Waals surface area contributed by atoms with Gasteiger partial charge in [-0.25, -0.2) is 17.9 Å². The van der Waals surface area contributed by atoms with E-state index >= 15 is 0 Å². The van der Waals surface area contributed by atoms with Gasteiger partial charge in [-0.1, -0.05) is 0 Å². The number of carbonyl (C=O) groups is 1. The van der Waals surface area contributed by atoms with Crippen molar-refractivity contribution in [1.82, 2.24) is 4.72 Å². The zero-order valence-electron chi connectivity index (χ0n) is 11.0. The van der Waals surface area contributed by atoms with E-state index in [0.717, 1.165) is 12.1 Å². The van der Waals surface area contributed by atoms with Crippen LogP contribution in [0.15, 0.2) is 23.1 Å². The first-order valence-electron chi connectivity index (χ1n) is 5.60. The first-order valence-corrected chi connectivity index (χ1v) is 8.70. The fourth-order valence-corrected chi connectivity index (χ4v) is 3.14. The van der Waals surface area contributed by atoms with E-state index < -0.39 is 31.7 Å². The Morgan fingerprint density at radius 2 is 2.10 bits per heavy atom. The standard InChI is InChI=1S/C11H16N2O5S2/c1-7(19(2)16)6-13-20(17,18)10-5-8(12)3-4-9(10)11(14)15/h3-5,7,13H,6,12H2,1-2H3,(H,14,15).